The topological polar surface area (TPSA) is 81.3 Å². The highest BCUT2D eigenvalue weighted by Crippen LogP contribution is 2.25. The normalized spacial score (nSPS) is 10.3. The highest BCUT2D eigenvalue weighted by molar-refractivity contribution is 8.03. The van der Waals surface area contributed by atoms with Crippen LogP contribution in [0.25, 0.3) is 0 Å². The third kappa shape index (κ3) is 4.62. The van der Waals surface area contributed by atoms with Crippen molar-refractivity contribution in [2.45, 2.75) is 17.7 Å². The molecule has 0 amide bonds. The number of carboxylic acid groups (broad SMARTS) is 1. The maximum atomic E-state index is 10.2. The van der Waals surface area contributed by atoms with E-state index in [4.69, 9.17) is 10.4 Å². The molecule has 0 aliphatic carbocycles. The minimum Gasteiger partial charge on any atom is -0.508 e. The van der Waals surface area contributed by atoms with Crippen molar-refractivity contribution in [1.82, 2.24) is 0 Å². The lowest BCUT2D eigenvalue weighted by Gasteiger charge is -2.04. The molecule has 0 bridgehead atoms. The molecule has 1 aromatic rings. The molecule has 1 aromatic carbocycles. The number of thioether (sulfide) groups is 1. The summed E-state index contributed by atoms with van der Waals surface area (Å²) >= 11 is 1.02. The minimum atomic E-state index is -0.983. The van der Waals surface area contributed by atoms with Crippen LogP contribution in [-0.4, -0.2) is 16.2 Å². The van der Waals surface area contributed by atoms with Gasteiger partial charge in [0.2, 0.25) is 0 Å². The van der Waals surface area contributed by atoms with Gasteiger partial charge in [-0.05, 0) is 48.4 Å². The first-order valence-electron chi connectivity index (χ1n) is 4.91. The SMILES string of the molecule is N#CSc1ccc(O)c(CC/C=C/C(=O)O)c1. The Kier molecular flexibility index (Phi) is 5.11. The number of hydrogen-bond donors (Lipinski definition) is 2. The molecule has 0 aromatic heterocycles. The van der Waals surface area contributed by atoms with Crippen molar-refractivity contribution >= 4 is 17.7 Å². The third-order valence-electron chi connectivity index (χ3n) is 2.06. The standard InChI is InChI=1S/C12H11NO3S/c13-8-17-10-5-6-11(14)9(7-10)3-1-2-4-12(15)16/h2,4-7,14H,1,3H2,(H,15,16)/b4-2+. The average Bonchev–Trinajstić information content (AvgIpc) is 2.28. The fourth-order valence-corrected chi connectivity index (χ4v) is 1.74. The van der Waals surface area contributed by atoms with Crippen molar-refractivity contribution in [3.05, 3.63) is 35.9 Å². The van der Waals surface area contributed by atoms with E-state index in [2.05, 4.69) is 0 Å². The van der Waals surface area contributed by atoms with Gasteiger partial charge < -0.3 is 10.2 Å². The Morgan fingerprint density at radius 3 is 2.94 bits per heavy atom. The largest absolute Gasteiger partial charge is 0.508 e. The Morgan fingerprint density at radius 1 is 1.53 bits per heavy atom. The first-order chi connectivity index (χ1) is 8.13. The van der Waals surface area contributed by atoms with Crippen LogP contribution in [-0.2, 0) is 11.2 Å². The quantitative estimate of drug-likeness (QED) is 0.476. The Bertz CT molecular complexity index is 477. The molecule has 0 radical (unpaired) electrons. The lowest BCUT2D eigenvalue weighted by atomic mass is 10.1. The molecule has 0 aliphatic rings. The van der Waals surface area contributed by atoms with Crippen LogP contribution in [0.2, 0.25) is 0 Å². The summed E-state index contributed by atoms with van der Waals surface area (Å²) in [6.07, 6.45) is 3.67. The number of benzene rings is 1. The van der Waals surface area contributed by atoms with E-state index in [0.717, 1.165) is 22.7 Å². The molecule has 0 saturated heterocycles. The van der Waals surface area contributed by atoms with Crippen LogP contribution in [0.3, 0.4) is 0 Å². The smallest absolute Gasteiger partial charge is 0.327 e. The number of thiocyanates is 1. The summed E-state index contributed by atoms with van der Waals surface area (Å²) in [6.45, 7) is 0. The molecule has 0 aliphatic heterocycles. The van der Waals surface area contributed by atoms with Gasteiger partial charge in [-0.2, -0.15) is 5.26 Å². The molecular weight excluding hydrogens is 238 g/mol. The zero-order valence-electron chi connectivity index (χ0n) is 8.96. The first kappa shape index (κ1) is 13.1. The second-order valence-electron chi connectivity index (χ2n) is 3.26. The maximum Gasteiger partial charge on any atom is 0.327 e. The van der Waals surface area contributed by atoms with E-state index in [9.17, 15) is 9.90 Å². The monoisotopic (exact) mass is 249 g/mol. The zero-order chi connectivity index (χ0) is 12.7. The molecule has 0 saturated carbocycles. The van der Waals surface area contributed by atoms with E-state index in [1.807, 2.05) is 5.40 Å². The fraction of sp³-hybridized carbons (Fsp3) is 0.167. The third-order valence-corrected chi connectivity index (χ3v) is 2.64. The number of nitriles is 1. The van der Waals surface area contributed by atoms with Gasteiger partial charge in [0.05, 0.1) is 0 Å². The summed E-state index contributed by atoms with van der Waals surface area (Å²) < 4.78 is 0. The van der Waals surface area contributed by atoms with Crippen molar-refractivity contribution in [3.8, 4) is 11.2 Å². The molecule has 1 rings (SSSR count). The molecule has 0 spiro atoms. The highest BCUT2D eigenvalue weighted by atomic mass is 32.2. The van der Waals surface area contributed by atoms with E-state index >= 15 is 0 Å². The Balaban J connectivity index is 2.66. The maximum absolute atomic E-state index is 10.2. The summed E-state index contributed by atoms with van der Waals surface area (Å²) in [6, 6.07) is 4.94. The molecule has 0 atom stereocenters. The van der Waals surface area contributed by atoms with Crippen molar-refractivity contribution in [2.24, 2.45) is 0 Å². The number of carboxylic acids is 1. The average molecular weight is 249 g/mol. The number of aryl methyl sites for hydroxylation is 1. The predicted octanol–water partition coefficient (Wildman–Crippen LogP) is 2.54. The van der Waals surface area contributed by atoms with Gasteiger partial charge in [-0.25, -0.2) is 4.79 Å². The van der Waals surface area contributed by atoms with E-state index in [-0.39, 0.29) is 5.75 Å². The molecule has 17 heavy (non-hydrogen) atoms. The van der Waals surface area contributed by atoms with Gasteiger partial charge in [0.25, 0.3) is 0 Å². The second kappa shape index (κ2) is 6.61. The Morgan fingerprint density at radius 2 is 2.29 bits per heavy atom. The van der Waals surface area contributed by atoms with Crippen LogP contribution in [0.4, 0.5) is 0 Å². The van der Waals surface area contributed by atoms with Crippen LogP contribution < -0.4 is 0 Å². The number of aromatic hydroxyl groups is 1. The van der Waals surface area contributed by atoms with E-state index in [1.54, 1.807) is 12.1 Å². The first-order valence-corrected chi connectivity index (χ1v) is 5.72. The Labute approximate surface area is 103 Å². The Hall–Kier alpha value is -1.93. The molecule has 88 valence electrons. The summed E-state index contributed by atoms with van der Waals surface area (Å²) in [5.41, 5.74) is 0.709. The number of phenols is 1. The molecular formula is C12H11NO3S. The molecule has 5 heteroatoms. The summed E-state index contributed by atoms with van der Waals surface area (Å²) in [7, 11) is 0. The molecule has 0 fully saturated rings. The van der Waals surface area contributed by atoms with E-state index in [1.165, 1.54) is 12.1 Å². The van der Waals surface area contributed by atoms with Crippen LogP contribution in [0, 0.1) is 10.7 Å². The van der Waals surface area contributed by atoms with Gasteiger partial charge in [0, 0.05) is 11.0 Å². The van der Waals surface area contributed by atoms with Crippen LogP contribution in [0.15, 0.2) is 35.2 Å². The number of nitrogens with zero attached hydrogens (tertiary/aromatic N) is 1. The number of hydrogen-bond acceptors (Lipinski definition) is 4. The van der Waals surface area contributed by atoms with Crippen molar-refractivity contribution in [1.29, 1.82) is 5.26 Å². The van der Waals surface area contributed by atoms with E-state index in [0.29, 0.717) is 18.4 Å². The predicted molar refractivity (Wildman–Crippen MR) is 64.7 cm³/mol. The van der Waals surface area contributed by atoms with Gasteiger partial charge in [-0.1, -0.05) is 6.08 Å². The van der Waals surface area contributed by atoms with Crippen molar-refractivity contribution in [2.75, 3.05) is 0 Å². The number of aliphatic carboxylic acids is 1. The molecule has 0 heterocycles. The molecule has 0 unspecified atom stereocenters. The van der Waals surface area contributed by atoms with Gasteiger partial charge >= 0.3 is 5.97 Å². The number of phenolic OH excluding ortho intramolecular Hbond substituents is 1. The molecule has 2 N–H and O–H groups in total. The van der Waals surface area contributed by atoms with Crippen molar-refractivity contribution < 1.29 is 15.0 Å². The summed E-state index contributed by atoms with van der Waals surface area (Å²) in [5.74, 6) is -0.820. The zero-order valence-corrected chi connectivity index (χ0v) is 9.78. The van der Waals surface area contributed by atoms with Gasteiger partial charge in [-0.15, -0.1) is 0 Å². The van der Waals surface area contributed by atoms with Crippen LogP contribution in [0.1, 0.15) is 12.0 Å². The summed E-state index contributed by atoms with van der Waals surface area (Å²) in [5, 5.41) is 28.5. The fourth-order valence-electron chi connectivity index (χ4n) is 1.30. The highest BCUT2D eigenvalue weighted by Gasteiger charge is 2.02. The second-order valence-corrected chi connectivity index (χ2v) is 4.12. The minimum absolute atomic E-state index is 0.163. The van der Waals surface area contributed by atoms with Gasteiger partial charge in [0.1, 0.15) is 11.2 Å². The lowest BCUT2D eigenvalue weighted by molar-refractivity contribution is -0.131. The van der Waals surface area contributed by atoms with Gasteiger partial charge in [0.15, 0.2) is 0 Å². The lowest BCUT2D eigenvalue weighted by Crippen LogP contribution is -1.88. The number of rotatable bonds is 5. The summed E-state index contributed by atoms with van der Waals surface area (Å²) in [4.78, 5) is 11.0. The van der Waals surface area contributed by atoms with Crippen molar-refractivity contribution in [3.63, 3.8) is 0 Å². The number of allylic oxidation sites excluding steroid dienone is 1. The van der Waals surface area contributed by atoms with E-state index < -0.39 is 5.97 Å². The van der Waals surface area contributed by atoms with Crippen LogP contribution in [0.5, 0.6) is 5.75 Å². The van der Waals surface area contributed by atoms with Gasteiger partial charge in [-0.3, -0.25) is 0 Å². The number of carbonyl (C=O) groups is 1. The molecule has 4 nitrogen and oxygen atoms in total. The van der Waals surface area contributed by atoms with Crippen LogP contribution >= 0.6 is 11.8 Å².